The molecule has 12 heteroatoms. The summed E-state index contributed by atoms with van der Waals surface area (Å²) >= 11 is 0. The molecule has 0 aliphatic heterocycles. The molecule has 3 aromatic rings. The van der Waals surface area contributed by atoms with Gasteiger partial charge in [-0.25, -0.2) is 23.1 Å². The first-order chi connectivity index (χ1) is 17.3. The fourth-order valence-corrected chi connectivity index (χ4v) is 5.26. The third kappa shape index (κ3) is 4.95. The summed E-state index contributed by atoms with van der Waals surface area (Å²) in [7, 11) is 0. The molecular formula is C24H28F3N7O2. The monoisotopic (exact) mass is 503 g/mol. The van der Waals surface area contributed by atoms with Gasteiger partial charge in [0.2, 0.25) is 17.8 Å². The van der Waals surface area contributed by atoms with Crippen LogP contribution < -0.4 is 16.4 Å². The standard InChI is InChI=1S/C24H28F3N7O2/c25-13-8-17(26)20(18(27)9-13)32-24-31-19-11-29-23(30-14-2-1-3-16(35)10-14)33-22(19)34(24)15-6-4-12(5-7-15)21(28)36/h8-9,11-12,14-16,35H,1-7,10H2,(H2,28,36)(H,31,32)(H,29,30,33)/t12-,14-,15+,16-/m1/s1. The maximum atomic E-state index is 14.4. The number of primary amides is 1. The number of rotatable bonds is 6. The van der Waals surface area contributed by atoms with Crippen LogP contribution >= 0.6 is 0 Å². The molecule has 0 spiro atoms. The molecule has 0 saturated heterocycles. The molecule has 2 aliphatic rings. The number of aromatic nitrogens is 4. The number of aliphatic hydroxyl groups is 1. The van der Waals surface area contributed by atoms with Crippen LogP contribution in [0.3, 0.4) is 0 Å². The van der Waals surface area contributed by atoms with E-state index in [1.807, 2.05) is 0 Å². The third-order valence-corrected chi connectivity index (χ3v) is 7.12. The van der Waals surface area contributed by atoms with Crippen molar-refractivity contribution < 1.29 is 23.1 Å². The van der Waals surface area contributed by atoms with Gasteiger partial charge in [-0.2, -0.15) is 4.98 Å². The minimum Gasteiger partial charge on any atom is -0.393 e. The van der Waals surface area contributed by atoms with E-state index in [1.165, 1.54) is 6.20 Å². The lowest BCUT2D eigenvalue weighted by Gasteiger charge is -2.29. The number of nitrogens with one attached hydrogen (secondary N) is 2. The van der Waals surface area contributed by atoms with E-state index in [1.54, 1.807) is 4.57 Å². The molecule has 5 N–H and O–H groups in total. The number of anilines is 3. The Morgan fingerprint density at radius 2 is 1.78 bits per heavy atom. The molecule has 1 aromatic carbocycles. The van der Waals surface area contributed by atoms with Gasteiger partial charge in [0.15, 0.2) is 17.3 Å². The maximum absolute atomic E-state index is 14.4. The molecule has 2 aromatic heterocycles. The van der Waals surface area contributed by atoms with Gasteiger partial charge in [0, 0.05) is 30.1 Å². The number of aliphatic hydroxyl groups excluding tert-OH is 1. The van der Waals surface area contributed by atoms with Crippen LogP contribution in [0.4, 0.5) is 30.8 Å². The molecule has 5 rings (SSSR count). The van der Waals surface area contributed by atoms with Gasteiger partial charge in [0.25, 0.3) is 0 Å². The van der Waals surface area contributed by atoms with E-state index in [0.29, 0.717) is 61.3 Å². The summed E-state index contributed by atoms with van der Waals surface area (Å²) in [5.41, 5.74) is 5.82. The van der Waals surface area contributed by atoms with E-state index < -0.39 is 23.1 Å². The summed E-state index contributed by atoms with van der Waals surface area (Å²) in [6.07, 6.45) is 6.59. The van der Waals surface area contributed by atoms with Crippen LogP contribution in [0.25, 0.3) is 11.2 Å². The van der Waals surface area contributed by atoms with E-state index in [2.05, 4.69) is 25.6 Å². The van der Waals surface area contributed by atoms with E-state index in [4.69, 9.17) is 5.73 Å². The number of fused-ring (bicyclic) bond motifs is 1. The smallest absolute Gasteiger partial charge is 0.224 e. The average molecular weight is 504 g/mol. The van der Waals surface area contributed by atoms with Gasteiger partial charge in [0.05, 0.1) is 12.3 Å². The Labute approximate surface area is 205 Å². The van der Waals surface area contributed by atoms with Crippen LogP contribution in [-0.2, 0) is 4.79 Å². The molecule has 0 unspecified atom stereocenters. The molecule has 192 valence electrons. The van der Waals surface area contributed by atoms with E-state index >= 15 is 0 Å². The van der Waals surface area contributed by atoms with Crippen molar-refractivity contribution in [2.24, 2.45) is 11.7 Å². The van der Waals surface area contributed by atoms with Crippen molar-refractivity contribution in [3.05, 3.63) is 35.8 Å². The first-order valence-corrected chi connectivity index (χ1v) is 12.2. The SMILES string of the molecule is NC(=O)[C@H]1CC[C@@H](n2c(Nc3c(F)cc(F)cc3F)nc3cnc(N[C@@H]4CCC[C@@H](O)C4)nc32)CC1. The lowest BCUT2D eigenvalue weighted by Crippen LogP contribution is -2.30. The van der Waals surface area contributed by atoms with Crippen molar-refractivity contribution in [3.63, 3.8) is 0 Å². The molecule has 0 radical (unpaired) electrons. The van der Waals surface area contributed by atoms with Crippen LogP contribution in [0.1, 0.15) is 57.4 Å². The Kier molecular flexibility index (Phi) is 6.69. The number of carbonyl (C=O) groups is 1. The van der Waals surface area contributed by atoms with Crippen molar-refractivity contribution in [2.75, 3.05) is 10.6 Å². The quantitative estimate of drug-likeness (QED) is 0.401. The zero-order chi connectivity index (χ0) is 25.4. The van der Waals surface area contributed by atoms with Gasteiger partial charge in [-0.15, -0.1) is 0 Å². The van der Waals surface area contributed by atoms with Gasteiger partial charge >= 0.3 is 0 Å². The summed E-state index contributed by atoms with van der Waals surface area (Å²) in [5.74, 6) is -3.29. The van der Waals surface area contributed by atoms with Crippen LogP contribution in [0, 0.1) is 23.4 Å². The predicted octanol–water partition coefficient (Wildman–Crippen LogP) is 3.92. The number of hydrogen-bond donors (Lipinski definition) is 4. The van der Waals surface area contributed by atoms with E-state index in [-0.39, 0.29) is 36.0 Å². The molecule has 36 heavy (non-hydrogen) atoms. The van der Waals surface area contributed by atoms with Crippen molar-refractivity contribution >= 4 is 34.7 Å². The fraction of sp³-hybridized carbons (Fsp3) is 0.500. The van der Waals surface area contributed by atoms with Gasteiger partial charge < -0.3 is 21.5 Å². The van der Waals surface area contributed by atoms with Crippen LogP contribution in [0.2, 0.25) is 0 Å². The highest BCUT2D eigenvalue weighted by Crippen LogP contribution is 2.37. The summed E-state index contributed by atoms with van der Waals surface area (Å²) in [4.78, 5) is 25.2. The van der Waals surface area contributed by atoms with E-state index in [0.717, 1.165) is 19.3 Å². The van der Waals surface area contributed by atoms with Crippen molar-refractivity contribution in [2.45, 2.75) is 69.6 Å². The summed E-state index contributed by atoms with van der Waals surface area (Å²) in [6.45, 7) is 0. The number of amides is 1. The molecule has 2 atom stereocenters. The normalized spacial score (nSPS) is 24.6. The Morgan fingerprint density at radius 3 is 2.44 bits per heavy atom. The predicted molar refractivity (Wildman–Crippen MR) is 127 cm³/mol. The average Bonchev–Trinajstić information content (AvgIpc) is 3.18. The van der Waals surface area contributed by atoms with Crippen molar-refractivity contribution in [3.8, 4) is 0 Å². The largest absolute Gasteiger partial charge is 0.393 e. The summed E-state index contributed by atoms with van der Waals surface area (Å²) < 4.78 is 44.1. The Balaban J connectivity index is 1.51. The van der Waals surface area contributed by atoms with Crippen LogP contribution in [0.5, 0.6) is 0 Å². The first-order valence-electron chi connectivity index (χ1n) is 12.2. The van der Waals surface area contributed by atoms with Gasteiger partial charge in [0.1, 0.15) is 17.0 Å². The number of benzene rings is 1. The molecular weight excluding hydrogens is 475 g/mol. The van der Waals surface area contributed by atoms with Crippen molar-refractivity contribution in [1.29, 1.82) is 0 Å². The summed E-state index contributed by atoms with van der Waals surface area (Å²) in [6, 6.07) is 1.04. The fourth-order valence-electron chi connectivity index (χ4n) is 5.26. The Hall–Kier alpha value is -3.41. The molecule has 2 heterocycles. The second-order valence-corrected chi connectivity index (χ2v) is 9.65. The van der Waals surface area contributed by atoms with Gasteiger partial charge in [-0.05, 0) is 51.4 Å². The molecule has 9 nitrogen and oxygen atoms in total. The second-order valence-electron chi connectivity index (χ2n) is 9.65. The zero-order valence-electron chi connectivity index (χ0n) is 19.6. The molecule has 2 fully saturated rings. The molecule has 2 aliphatic carbocycles. The highest BCUT2D eigenvalue weighted by atomic mass is 19.1. The molecule has 0 bridgehead atoms. The number of hydrogen-bond acceptors (Lipinski definition) is 7. The Bertz CT molecular complexity index is 1250. The lowest BCUT2D eigenvalue weighted by atomic mass is 9.85. The third-order valence-electron chi connectivity index (χ3n) is 7.12. The number of nitrogens with zero attached hydrogens (tertiary/aromatic N) is 4. The summed E-state index contributed by atoms with van der Waals surface area (Å²) in [5, 5.41) is 15.9. The topological polar surface area (TPSA) is 131 Å². The number of imidazole rings is 1. The number of nitrogens with two attached hydrogens (primary N) is 1. The highest BCUT2D eigenvalue weighted by molar-refractivity contribution is 5.78. The van der Waals surface area contributed by atoms with Gasteiger partial charge in [-0.1, -0.05) is 0 Å². The van der Waals surface area contributed by atoms with Crippen LogP contribution in [0.15, 0.2) is 18.3 Å². The lowest BCUT2D eigenvalue weighted by molar-refractivity contribution is -0.122. The van der Waals surface area contributed by atoms with E-state index in [9.17, 15) is 23.1 Å². The van der Waals surface area contributed by atoms with Crippen molar-refractivity contribution in [1.82, 2.24) is 19.5 Å². The Morgan fingerprint density at radius 1 is 1.06 bits per heavy atom. The molecule has 2 saturated carbocycles. The number of halogens is 3. The van der Waals surface area contributed by atoms with Crippen LogP contribution in [-0.4, -0.2) is 42.7 Å². The minimum atomic E-state index is -1.09. The number of carbonyl (C=O) groups excluding carboxylic acids is 1. The minimum absolute atomic E-state index is 0.0218. The highest BCUT2D eigenvalue weighted by Gasteiger charge is 2.30. The van der Waals surface area contributed by atoms with Gasteiger partial charge in [-0.3, -0.25) is 9.36 Å². The maximum Gasteiger partial charge on any atom is 0.224 e. The first kappa shape index (κ1) is 24.3. The second kappa shape index (κ2) is 9.92. The zero-order valence-corrected chi connectivity index (χ0v) is 19.6. The molecule has 1 amide bonds.